The highest BCUT2D eigenvalue weighted by molar-refractivity contribution is 6.12. The van der Waals surface area contributed by atoms with Crippen LogP contribution in [0.15, 0.2) is 67.0 Å². The van der Waals surface area contributed by atoms with E-state index in [0.717, 1.165) is 33.7 Å². The average molecular weight is 553 g/mol. The fourth-order valence-electron chi connectivity index (χ4n) is 5.08. The van der Waals surface area contributed by atoms with Crippen molar-refractivity contribution in [2.45, 2.75) is 26.7 Å². The van der Waals surface area contributed by atoms with Crippen molar-refractivity contribution >= 4 is 29.2 Å². The van der Waals surface area contributed by atoms with Gasteiger partial charge in [-0.2, -0.15) is 0 Å². The zero-order valence-electron chi connectivity index (χ0n) is 23.5. The third-order valence-electron chi connectivity index (χ3n) is 7.17. The van der Waals surface area contributed by atoms with Crippen LogP contribution in [0, 0.1) is 6.92 Å². The molecule has 2 aromatic heterocycles. The van der Waals surface area contributed by atoms with Crippen LogP contribution in [0.25, 0.3) is 11.1 Å². The van der Waals surface area contributed by atoms with Crippen molar-refractivity contribution in [2.75, 3.05) is 37.1 Å². The predicted octanol–water partition coefficient (Wildman–Crippen LogP) is 5.46. The molecule has 0 unspecified atom stereocenters. The van der Waals surface area contributed by atoms with Crippen molar-refractivity contribution in [1.29, 1.82) is 0 Å². The summed E-state index contributed by atoms with van der Waals surface area (Å²) < 4.78 is 11.6. The second-order valence-electron chi connectivity index (χ2n) is 9.85. The van der Waals surface area contributed by atoms with Crippen LogP contribution >= 0.6 is 0 Å². The summed E-state index contributed by atoms with van der Waals surface area (Å²) in [6, 6.07) is 16.9. The summed E-state index contributed by atoms with van der Waals surface area (Å²) in [4.78, 5) is 37.4. The Morgan fingerprint density at radius 2 is 1.76 bits per heavy atom. The molecule has 210 valence electrons. The maximum Gasteiger partial charge on any atom is 0.307 e. The Balaban J connectivity index is 1.32. The summed E-state index contributed by atoms with van der Waals surface area (Å²) in [6.45, 7) is 5.01. The molecule has 9 nitrogen and oxygen atoms in total. The predicted molar refractivity (Wildman–Crippen MR) is 158 cm³/mol. The molecule has 3 heterocycles. The molecule has 0 fully saturated rings. The minimum Gasteiger partial charge on any atom is -0.496 e. The van der Waals surface area contributed by atoms with Gasteiger partial charge in [-0.15, -0.1) is 0 Å². The van der Waals surface area contributed by atoms with E-state index in [9.17, 15) is 14.7 Å². The maximum absolute atomic E-state index is 13.4. The molecule has 4 aromatic rings. The van der Waals surface area contributed by atoms with Crippen LogP contribution in [0.4, 0.5) is 17.3 Å². The van der Waals surface area contributed by atoms with Gasteiger partial charge in [-0.05, 0) is 78.6 Å². The Labute approximate surface area is 239 Å². The number of anilines is 3. The van der Waals surface area contributed by atoms with E-state index in [1.807, 2.05) is 61.2 Å². The van der Waals surface area contributed by atoms with Gasteiger partial charge >= 0.3 is 5.97 Å². The number of rotatable bonds is 9. The molecule has 2 aromatic carbocycles. The Morgan fingerprint density at radius 3 is 2.49 bits per heavy atom. The molecule has 0 atom stereocenters. The van der Waals surface area contributed by atoms with Gasteiger partial charge < -0.3 is 24.4 Å². The topological polar surface area (TPSA) is 105 Å². The summed E-state index contributed by atoms with van der Waals surface area (Å²) in [5.74, 6) is 1.70. The molecule has 1 N–H and O–H groups in total. The smallest absolute Gasteiger partial charge is 0.307 e. The molecule has 0 saturated heterocycles. The Hall–Kier alpha value is -4.92. The van der Waals surface area contributed by atoms with Gasteiger partial charge in [0.25, 0.3) is 5.91 Å². The lowest BCUT2D eigenvalue weighted by Crippen LogP contribution is -2.25. The van der Waals surface area contributed by atoms with Gasteiger partial charge in [-0.25, -0.2) is 9.97 Å². The van der Waals surface area contributed by atoms with E-state index < -0.39 is 5.97 Å². The lowest BCUT2D eigenvalue weighted by molar-refractivity contribution is -0.136. The van der Waals surface area contributed by atoms with E-state index in [1.165, 1.54) is 0 Å². The first-order chi connectivity index (χ1) is 19.8. The summed E-state index contributed by atoms with van der Waals surface area (Å²) >= 11 is 0. The molecular weight excluding hydrogens is 520 g/mol. The molecular formula is C32H32N4O5. The zero-order valence-corrected chi connectivity index (χ0v) is 23.5. The lowest BCUT2D eigenvalue weighted by atomic mass is 9.99. The number of ether oxygens (including phenoxy) is 2. The van der Waals surface area contributed by atoms with Crippen LogP contribution in [-0.2, 0) is 17.6 Å². The molecule has 0 aliphatic carbocycles. The number of aromatic nitrogens is 2. The highest BCUT2D eigenvalue weighted by Crippen LogP contribution is 2.38. The van der Waals surface area contributed by atoms with Crippen molar-refractivity contribution in [3.63, 3.8) is 0 Å². The Bertz CT molecular complexity index is 1620. The lowest BCUT2D eigenvalue weighted by Gasteiger charge is -2.22. The second kappa shape index (κ2) is 11.7. The summed E-state index contributed by atoms with van der Waals surface area (Å²) in [7, 11) is 3.35. The van der Waals surface area contributed by atoms with Crippen molar-refractivity contribution in [2.24, 2.45) is 0 Å². The van der Waals surface area contributed by atoms with E-state index in [0.29, 0.717) is 48.1 Å². The molecule has 1 aliphatic heterocycles. The molecule has 0 saturated carbocycles. The third-order valence-corrected chi connectivity index (χ3v) is 7.17. The summed E-state index contributed by atoms with van der Waals surface area (Å²) in [5.41, 5.74) is 5.55. The van der Waals surface area contributed by atoms with Gasteiger partial charge in [0, 0.05) is 38.0 Å². The molecule has 1 amide bonds. The number of carboxylic acid groups (broad SMARTS) is 1. The number of amides is 1. The summed E-state index contributed by atoms with van der Waals surface area (Å²) in [6.07, 6.45) is 4.02. The Morgan fingerprint density at radius 1 is 0.976 bits per heavy atom. The van der Waals surface area contributed by atoms with Gasteiger partial charge in [0.15, 0.2) is 5.82 Å². The number of aryl methyl sites for hydroxylation is 1. The standard InChI is InChI=1S/C32H32N4O5/c1-5-36-30-25(32(39)35(3)26-7-6-13-33-31(26)36)17-22(19-34-30)12-14-41-27-11-9-23(15-20(27)2)24-16-21(18-29(37)38)8-10-28(24)40-4/h6-11,13,15-17,19H,5,12,14,18H2,1-4H3,(H,37,38). The maximum atomic E-state index is 13.4. The first-order valence-corrected chi connectivity index (χ1v) is 13.4. The van der Waals surface area contributed by atoms with Crippen molar-refractivity contribution in [3.8, 4) is 22.6 Å². The molecule has 0 bridgehead atoms. The van der Waals surface area contributed by atoms with Crippen LogP contribution < -0.4 is 19.3 Å². The van der Waals surface area contributed by atoms with Crippen molar-refractivity contribution in [1.82, 2.24) is 9.97 Å². The normalized spacial score (nSPS) is 12.4. The molecule has 0 radical (unpaired) electrons. The molecule has 9 heteroatoms. The number of carbonyl (C=O) groups is 2. The van der Waals surface area contributed by atoms with Gasteiger partial charge in [-0.1, -0.05) is 12.1 Å². The number of hydrogen-bond donors (Lipinski definition) is 1. The van der Waals surface area contributed by atoms with Gasteiger partial charge in [-0.3, -0.25) is 9.59 Å². The average Bonchev–Trinajstić information content (AvgIpc) is 3.06. The second-order valence-corrected chi connectivity index (χ2v) is 9.85. The number of fused-ring (bicyclic) bond motifs is 2. The minimum atomic E-state index is -0.882. The number of benzene rings is 2. The van der Waals surface area contributed by atoms with Crippen LogP contribution in [0.1, 0.15) is 34.0 Å². The number of carboxylic acids is 1. The highest BCUT2D eigenvalue weighted by atomic mass is 16.5. The summed E-state index contributed by atoms with van der Waals surface area (Å²) in [5, 5.41) is 9.18. The number of nitrogens with zero attached hydrogens (tertiary/aromatic N) is 4. The van der Waals surface area contributed by atoms with Crippen molar-refractivity contribution in [3.05, 3.63) is 89.2 Å². The molecule has 0 spiro atoms. The number of aliphatic carboxylic acids is 1. The largest absolute Gasteiger partial charge is 0.496 e. The van der Waals surface area contributed by atoms with E-state index in [-0.39, 0.29) is 12.3 Å². The minimum absolute atomic E-state index is 0.0586. The SMILES string of the molecule is CCN1c2ncc(CCOc3ccc(-c4cc(CC(=O)O)ccc4OC)cc3C)cc2C(=O)N(C)c2cccnc21. The number of carbonyl (C=O) groups excluding carboxylic acids is 1. The number of pyridine rings is 2. The molecule has 5 rings (SSSR count). The number of methoxy groups -OCH3 is 1. The van der Waals surface area contributed by atoms with Gasteiger partial charge in [0.1, 0.15) is 17.3 Å². The van der Waals surface area contributed by atoms with Gasteiger partial charge in [0.2, 0.25) is 0 Å². The monoisotopic (exact) mass is 552 g/mol. The van der Waals surface area contributed by atoms with Crippen molar-refractivity contribution < 1.29 is 24.2 Å². The number of hydrogen-bond acceptors (Lipinski definition) is 7. The first kappa shape index (κ1) is 27.6. The van der Waals surface area contributed by atoms with Crippen LogP contribution in [0.2, 0.25) is 0 Å². The van der Waals surface area contributed by atoms with E-state index in [2.05, 4.69) is 9.97 Å². The highest BCUT2D eigenvalue weighted by Gasteiger charge is 2.30. The Kier molecular flexibility index (Phi) is 7.87. The zero-order chi connectivity index (χ0) is 29.1. The van der Waals surface area contributed by atoms with E-state index in [4.69, 9.17) is 9.47 Å². The fourth-order valence-corrected chi connectivity index (χ4v) is 5.08. The molecule has 41 heavy (non-hydrogen) atoms. The van der Waals surface area contributed by atoms with Crippen LogP contribution in [-0.4, -0.2) is 54.3 Å². The van der Waals surface area contributed by atoms with Gasteiger partial charge in [0.05, 0.1) is 31.4 Å². The van der Waals surface area contributed by atoms with E-state index in [1.54, 1.807) is 43.6 Å². The quantitative estimate of drug-likeness (QED) is 0.292. The molecule has 1 aliphatic rings. The van der Waals surface area contributed by atoms with Crippen LogP contribution in [0.5, 0.6) is 11.5 Å². The first-order valence-electron chi connectivity index (χ1n) is 13.4. The fraction of sp³-hybridized carbons (Fsp3) is 0.250. The van der Waals surface area contributed by atoms with Crippen LogP contribution in [0.3, 0.4) is 0 Å². The third kappa shape index (κ3) is 5.56. The van der Waals surface area contributed by atoms with E-state index >= 15 is 0 Å².